The smallest absolute Gasteiger partial charge is 0.410 e. The molecule has 7 nitrogen and oxygen atoms in total. The van der Waals surface area contributed by atoms with Gasteiger partial charge in [-0.2, -0.15) is 0 Å². The summed E-state index contributed by atoms with van der Waals surface area (Å²) in [6.45, 7) is 9.43. The molecule has 0 atom stereocenters. The predicted molar refractivity (Wildman–Crippen MR) is 122 cm³/mol. The monoisotopic (exact) mass is 444 g/mol. The molecule has 0 radical (unpaired) electrons. The number of benzene rings is 1. The Labute approximate surface area is 188 Å². The number of halogens is 1. The summed E-state index contributed by atoms with van der Waals surface area (Å²) in [5, 5.41) is 3.51. The van der Waals surface area contributed by atoms with Gasteiger partial charge in [-0.05, 0) is 48.2 Å². The minimum absolute atomic E-state index is 0.131. The number of aromatic nitrogens is 1. The second kappa shape index (κ2) is 10.0. The van der Waals surface area contributed by atoms with E-state index < -0.39 is 6.09 Å². The Morgan fingerprint density at radius 3 is 2.32 bits per heavy atom. The summed E-state index contributed by atoms with van der Waals surface area (Å²) in [5.74, 6) is 1.13. The van der Waals surface area contributed by atoms with Crippen LogP contribution in [0.15, 0.2) is 42.6 Å². The van der Waals surface area contributed by atoms with Crippen molar-refractivity contribution in [3.63, 3.8) is 0 Å². The van der Waals surface area contributed by atoms with Crippen LogP contribution >= 0.6 is 11.6 Å². The van der Waals surface area contributed by atoms with E-state index in [1.54, 1.807) is 41.4 Å². The Hall–Kier alpha value is -2.80. The van der Waals surface area contributed by atoms with Crippen LogP contribution in [0.25, 0.3) is 0 Å². The van der Waals surface area contributed by atoms with E-state index in [2.05, 4.69) is 36.0 Å². The standard InChI is InChI=1S/C23H29ClN4O3/c1-23(2,3)10-11-25-21(29)17-4-7-19(8-5-17)31-22(30)28-14-12-27(13-15-28)20-9-6-18(24)16-26-20/h4-9,16H,10-15H2,1-3H3,(H,25,29). The quantitative estimate of drug-likeness (QED) is 0.747. The average Bonchev–Trinajstić information content (AvgIpc) is 2.74. The summed E-state index contributed by atoms with van der Waals surface area (Å²) in [5.41, 5.74) is 0.708. The van der Waals surface area contributed by atoms with E-state index in [0.717, 1.165) is 12.2 Å². The molecule has 0 unspecified atom stereocenters. The molecule has 1 aliphatic heterocycles. The van der Waals surface area contributed by atoms with Gasteiger partial charge in [-0.1, -0.05) is 32.4 Å². The molecule has 8 heteroatoms. The lowest BCUT2D eigenvalue weighted by molar-refractivity contribution is 0.0949. The number of hydrogen-bond donors (Lipinski definition) is 1. The van der Waals surface area contributed by atoms with E-state index in [1.165, 1.54) is 0 Å². The highest BCUT2D eigenvalue weighted by Gasteiger charge is 2.23. The van der Waals surface area contributed by atoms with Crippen molar-refractivity contribution in [1.82, 2.24) is 15.2 Å². The van der Waals surface area contributed by atoms with Gasteiger partial charge in [0.2, 0.25) is 0 Å². The van der Waals surface area contributed by atoms with Crippen LogP contribution in [0.1, 0.15) is 37.6 Å². The third-order valence-corrected chi connectivity index (χ3v) is 5.28. The Morgan fingerprint density at radius 1 is 1.06 bits per heavy atom. The Morgan fingerprint density at radius 2 is 1.74 bits per heavy atom. The molecule has 1 saturated heterocycles. The molecule has 2 aromatic rings. The fourth-order valence-corrected chi connectivity index (χ4v) is 3.28. The molecule has 1 aromatic carbocycles. The molecule has 0 aliphatic carbocycles. The van der Waals surface area contributed by atoms with E-state index in [9.17, 15) is 9.59 Å². The van der Waals surface area contributed by atoms with Gasteiger partial charge in [0.15, 0.2) is 0 Å². The molecule has 31 heavy (non-hydrogen) atoms. The summed E-state index contributed by atoms with van der Waals surface area (Å²) in [7, 11) is 0. The topological polar surface area (TPSA) is 74.8 Å². The van der Waals surface area contributed by atoms with Crippen molar-refractivity contribution in [2.24, 2.45) is 5.41 Å². The lowest BCUT2D eigenvalue weighted by Crippen LogP contribution is -2.49. The molecular weight excluding hydrogens is 416 g/mol. The first-order valence-corrected chi connectivity index (χ1v) is 10.8. The van der Waals surface area contributed by atoms with Crippen LogP contribution in [-0.4, -0.2) is 54.6 Å². The molecule has 2 heterocycles. The van der Waals surface area contributed by atoms with Crippen LogP contribution in [0.5, 0.6) is 5.75 Å². The number of nitrogens with zero attached hydrogens (tertiary/aromatic N) is 3. The van der Waals surface area contributed by atoms with E-state index in [1.807, 2.05) is 6.07 Å². The molecule has 166 valence electrons. The average molecular weight is 445 g/mol. The zero-order chi connectivity index (χ0) is 22.4. The normalized spacial score (nSPS) is 14.3. The molecule has 0 spiro atoms. The zero-order valence-electron chi connectivity index (χ0n) is 18.2. The number of rotatable bonds is 5. The van der Waals surface area contributed by atoms with E-state index >= 15 is 0 Å². The molecular formula is C23H29ClN4O3. The summed E-state index contributed by atoms with van der Waals surface area (Å²) < 4.78 is 5.47. The summed E-state index contributed by atoms with van der Waals surface area (Å²) in [4.78, 5) is 32.8. The van der Waals surface area contributed by atoms with Crippen molar-refractivity contribution in [1.29, 1.82) is 0 Å². The van der Waals surface area contributed by atoms with Crippen LogP contribution in [0.2, 0.25) is 5.02 Å². The van der Waals surface area contributed by atoms with Gasteiger partial charge in [0, 0.05) is 44.5 Å². The fraction of sp³-hybridized carbons (Fsp3) is 0.435. The molecule has 1 N–H and O–H groups in total. The Balaban J connectivity index is 1.46. The van der Waals surface area contributed by atoms with Crippen molar-refractivity contribution in [2.75, 3.05) is 37.6 Å². The number of ether oxygens (including phenoxy) is 1. The van der Waals surface area contributed by atoms with Crippen LogP contribution in [-0.2, 0) is 0 Å². The van der Waals surface area contributed by atoms with Crippen LogP contribution < -0.4 is 15.0 Å². The van der Waals surface area contributed by atoms with Crippen molar-refractivity contribution in [3.8, 4) is 5.75 Å². The molecule has 0 bridgehead atoms. The fourth-order valence-electron chi connectivity index (χ4n) is 3.17. The van der Waals surface area contributed by atoms with Gasteiger partial charge >= 0.3 is 6.09 Å². The number of anilines is 1. The van der Waals surface area contributed by atoms with Gasteiger partial charge in [0.1, 0.15) is 11.6 Å². The van der Waals surface area contributed by atoms with Crippen LogP contribution in [0.3, 0.4) is 0 Å². The number of amides is 2. The van der Waals surface area contributed by atoms with Gasteiger partial charge < -0.3 is 19.9 Å². The highest BCUT2D eigenvalue weighted by molar-refractivity contribution is 6.30. The molecule has 1 aromatic heterocycles. The second-order valence-corrected chi connectivity index (χ2v) is 9.20. The summed E-state index contributed by atoms with van der Waals surface area (Å²) >= 11 is 5.89. The maximum atomic E-state index is 12.5. The zero-order valence-corrected chi connectivity index (χ0v) is 19.0. The highest BCUT2D eigenvalue weighted by atomic mass is 35.5. The van der Waals surface area contributed by atoms with Crippen LogP contribution in [0, 0.1) is 5.41 Å². The molecule has 2 amide bonds. The first kappa shape index (κ1) is 22.9. The lowest BCUT2D eigenvalue weighted by atomic mass is 9.92. The first-order valence-electron chi connectivity index (χ1n) is 10.4. The third-order valence-electron chi connectivity index (χ3n) is 5.06. The minimum Gasteiger partial charge on any atom is -0.410 e. The Kier molecular flexibility index (Phi) is 7.38. The van der Waals surface area contributed by atoms with Crippen molar-refractivity contribution in [2.45, 2.75) is 27.2 Å². The SMILES string of the molecule is CC(C)(C)CCNC(=O)c1ccc(OC(=O)N2CCN(c3ccc(Cl)cn3)CC2)cc1. The van der Waals surface area contributed by atoms with Gasteiger partial charge in [-0.3, -0.25) is 4.79 Å². The highest BCUT2D eigenvalue weighted by Crippen LogP contribution is 2.19. The van der Waals surface area contributed by atoms with Crippen molar-refractivity contribution < 1.29 is 14.3 Å². The van der Waals surface area contributed by atoms with Crippen LogP contribution in [0.4, 0.5) is 10.6 Å². The lowest BCUT2D eigenvalue weighted by Gasteiger charge is -2.34. The predicted octanol–water partition coefficient (Wildman–Crippen LogP) is 4.22. The summed E-state index contributed by atoms with van der Waals surface area (Å²) in [6, 6.07) is 10.3. The number of hydrogen-bond acceptors (Lipinski definition) is 5. The number of piperazine rings is 1. The second-order valence-electron chi connectivity index (χ2n) is 8.77. The van der Waals surface area contributed by atoms with Gasteiger partial charge in [-0.25, -0.2) is 9.78 Å². The number of carbonyl (C=O) groups excluding carboxylic acids is 2. The molecule has 1 aliphatic rings. The third kappa shape index (κ3) is 6.85. The number of carbonyl (C=O) groups is 2. The van der Waals surface area contributed by atoms with Gasteiger partial charge in [0.25, 0.3) is 5.91 Å². The first-order chi connectivity index (χ1) is 14.7. The molecule has 1 fully saturated rings. The summed E-state index contributed by atoms with van der Waals surface area (Å²) in [6.07, 6.45) is 2.12. The number of nitrogens with one attached hydrogen (secondary N) is 1. The van der Waals surface area contributed by atoms with Crippen molar-refractivity contribution in [3.05, 3.63) is 53.2 Å². The van der Waals surface area contributed by atoms with E-state index in [0.29, 0.717) is 49.1 Å². The largest absolute Gasteiger partial charge is 0.415 e. The maximum Gasteiger partial charge on any atom is 0.415 e. The van der Waals surface area contributed by atoms with E-state index in [4.69, 9.17) is 16.3 Å². The molecule has 0 saturated carbocycles. The van der Waals surface area contributed by atoms with Gasteiger partial charge in [0.05, 0.1) is 5.02 Å². The van der Waals surface area contributed by atoms with Gasteiger partial charge in [-0.15, -0.1) is 0 Å². The van der Waals surface area contributed by atoms with E-state index in [-0.39, 0.29) is 11.3 Å². The van der Waals surface area contributed by atoms with Crippen molar-refractivity contribution >= 4 is 29.4 Å². The minimum atomic E-state index is -0.397. The Bertz CT molecular complexity index is 887. The number of pyridine rings is 1. The maximum absolute atomic E-state index is 12.5. The molecule has 3 rings (SSSR count).